The smallest absolute Gasteiger partial charge is 0.288 e. The summed E-state index contributed by atoms with van der Waals surface area (Å²) in [6.07, 6.45) is 1.42. The van der Waals surface area contributed by atoms with Crippen LogP contribution in [0.1, 0.15) is 11.1 Å². The van der Waals surface area contributed by atoms with E-state index in [0.717, 1.165) is 5.56 Å². The molecule has 2 aromatic rings. The van der Waals surface area contributed by atoms with Crippen LogP contribution in [-0.4, -0.2) is 30.4 Å². The second kappa shape index (κ2) is 10.1. The average molecular weight is 419 g/mol. The van der Waals surface area contributed by atoms with Gasteiger partial charge in [0.05, 0.1) is 11.1 Å². The molecule has 5 N–H and O–H groups in total. The van der Waals surface area contributed by atoms with Gasteiger partial charge in [-0.05, 0) is 42.8 Å². The van der Waals surface area contributed by atoms with Crippen molar-refractivity contribution in [3.05, 3.63) is 63.6 Å². The van der Waals surface area contributed by atoms with Crippen molar-refractivity contribution in [2.45, 2.75) is 11.8 Å². The number of rotatable bonds is 3. The molecule has 0 unspecified atom stereocenters. The summed E-state index contributed by atoms with van der Waals surface area (Å²) in [6.45, 7) is 1.84. The van der Waals surface area contributed by atoms with Gasteiger partial charge in [0.15, 0.2) is 0 Å². The molecule has 0 aliphatic carbocycles. The summed E-state index contributed by atoms with van der Waals surface area (Å²) in [7, 11) is -4.02. The molecule has 11 heteroatoms. The number of nitrogens with one attached hydrogen (secondary N) is 3. The Morgan fingerprint density at radius 3 is 2.15 bits per heavy atom. The first-order valence-electron chi connectivity index (χ1n) is 6.90. The minimum atomic E-state index is -4.02. The monoisotopic (exact) mass is 418 g/mol. The lowest BCUT2D eigenvalue weighted by Crippen LogP contribution is -2.30. The van der Waals surface area contributed by atoms with Crippen LogP contribution < -0.4 is 10.9 Å². The molecule has 0 aliphatic rings. The third-order valence-corrected chi connectivity index (χ3v) is 4.01. The number of nitrogens with zero attached hydrogens (tertiary/aromatic N) is 1. The normalized spacial score (nSPS) is 10.8. The van der Waals surface area contributed by atoms with Gasteiger partial charge >= 0.3 is 0 Å². The SMILES string of the molecule is Cc1ccc(S(=O)(=O)O)cc1.N=C(NO)NN=Cc1cc(Cl)cc(Cl)c1. The van der Waals surface area contributed by atoms with Gasteiger partial charge in [-0.1, -0.05) is 40.9 Å². The van der Waals surface area contributed by atoms with Crippen molar-refractivity contribution in [1.29, 1.82) is 5.41 Å². The van der Waals surface area contributed by atoms with Crippen molar-refractivity contribution in [1.82, 2.24) is 10.9 Å². The molecule has 0 fully saturated rings. The van der Waals surface area contributed by atoms with Gasteiger partial charge in [-0.3, -0.25) is 15.2 Å². The highest BCUT2D eigenvalue weighted by molar-refractivity contribution is 7.85. The molecule has 0 aromatic heterocycles. The number of hydrazone groups is 1. The number of halogens is 2. The fourth-order valence-electron chi connectivity index (χ4n) is 1.56. The lowest BCUT2D eigenvalue weighted by Gasteiger charge is -1.99. The second-order valence-corrected chi connectivity index (χ2v) is 7.14. The van der Waals surface area contributed by atoms with Gasteiger partial charge in [-0.15, -0.1) is 0 Å². The van der Waals surface area contributed by atoms with Crippen molar-refractivity contribution in [3.8, 4) is 0 Å². The second-order valence-electron chi connectivity index (χ2n) is 4.85. The summed E-state index contributed by atoms with van der Waals surface area (Å²) >= 11 is 11.5. The van der Waals surface area contributed by atoms with Gasteiger partial charge < -0.3 is 0 Å². The van der Waals surface area contributed by atoms with Gasteiger partial charge in [-0.2, -0.15) is 13.5 Å². The fourth-order valence-corrected chi connectivity index (χ4v) is 2.58. The predicted molar refractivity (Wildman–Crippen MR) is 101 cm³/mol. The fraction of sp³-hybridized carbons (Fsp3) is 0.0667. The third kappa shape index (κ3) is 8.28. The first kappa shape index (κ1) is 21.9. The summed E-state index contributed by atoms with van der Waals surface area (Å²) in [4.78, 5) is -0.0666. The number of aryl methyl sites for hydroxylation is 1. The first-order valence-corrected chi connectivity index (χ1v) is 9.09. The summed E-state index contributed by atoms with van der Waals surface area (Å²) in [5.41, 5.74) is 5.45. The van der Waals surface area contributed by atoms with Crippen LogP contribution >= 0.6 is 23.2 Å². The number of benzene rings is 2. The van der Waals surface area contributed by atoms with Crippen molar-refractivity contribution in [2.24, 2.45) is 5.10 Å². The molecule has 2 aromatic carbocycles. The molecule has 0 radical (unpaired) electrons. The summed E-state index contributed by atoms with van der Waals surface area (Å²) < 4.78 is 29.6. The summed E-state index contributed by atoms with van der Waals surface area (Å²) in [5, 5.41) is 19.9. The van der Waals surface area contributed by atoms with Gasteiger partial charge in [-0.25, -0.2) is 10.9 Å². The average Bonchev–Trinajstić information content (AvgIpc) is 2.54. The zero-order valence-electron chi connectivity index (χ0n) is 13.4. The molecular weight excluding hydrogens is 403 g/mol. The van der Waals surface area contributed by atoms with E-state index >= 15 is 0 Å². The predicted octanol–water partition coefficient (Wildman–Crippen LogP) is 3.07. The number of hydroxylamine groups is 1. The van der Waals surface area contributed by atoms with Crippen molar-refractivity contribution in [2.75, 3.05) is 0 Å². The van der Waals surface area contributed by atoms with Gasteiger partial charge in [0.2, 0.25) is 5.96 Å². The van der Waals surface area contributed by atoms with Crippen molar-refractivity contribution >= 4 is 45.5 Å². The Hall–Kier alpha value is -2.17. The van der Waals surface area contributed by atoms with E-state index in [4.69, 9.17) is 38.4 Å². The summed E-state index contributed by atoms with van der Waals surface area (Å²) in [6, 6.07) is 10.9. The highest BCUT2D eigenvalue weighted by Gasteiger charge is 2.06. The molecule has 0 saturated heterocycles. The first-order chi connectivity index (χ1) is 12.1. The van der Waals surface area contributed by atoms with Crippen LogP contribution in [0.2, 0.25) is 10.0 Å². The van der Waals surface area contributed by atoms with Crippen LogP contribution in [0.3, 0.4) is 0 Å². The maximum atomic E-state index is 10.5. The molecule has 0 bridgehead atoms. The number of guanidine groups is 1. The Bertz CT molecular complexity index is 867. The van der Waals surface area contributed by atoms with Crippen LogP contribution in [0.15, 0.2) is 52.5 Å². The Kier molecular flexibility index (Phi) is 8.49. The van der Waals surface area contributed by atoms with Crippen LogP contribution in [0.25, 0.3) is 0 Å². The van der Waals surface area contributed by atoms with E-state index in [1.165, 1.54) is 18.3 Å². The molecule has 0 atom stereocenters. The molecule has 8 nitrogen and oxygen atoms in total. The highest BCUT2D eigenvalue weighted by Crippen LogP contribution is 2.17. The lowest BCUT2D eigenvalue weighted by atomic mass is 10.2. The van der Waals surface area contributed by atoms with Crippen LogP contribution in [0.5, 0.6) is 0 Å². The van der Waals surface area contributed by atoms with E-state index < -0.39 is 10.1 Å². The van der Waals surface area contributed by atoms with Crippen molar-refractivity contribution in [3.63, 3.8) is 0 Å². The van der Waals surface area contributed by atoms with E-state index in [2.05, 4.69) is 10.5 Å². The molecule has 0 spiro atoms. The zero-order valence-corrected chi connectivity index (χ0v) is 15.8. The molecule has 2 rings (SSSR count). The van der Waals surface area contributed by atoms with Gasteiger partial charge in [0.25, 0.3) is 10.1 Å². The Balaban J connectivity index is 0.000000273. The topological polar surface area (TPSA) is 135 Å². The Morgan fingerprint density at radius 1 is 1.15 bits per heavy atom. The minimum absolute atomic E-state index is 0.0666. The standard InChI is InChI=1S/C8H8Cl2N4O.C7H8O3S/c9-6-1-5(2-7(10)3-6)4-12-13-8(11)14-15;1-6-2-4-7(5-3-6)11(8,9)10/h1-4,15H,(H3,11,13,14);2-5H,1H3,(H,8,9,10). The Morgan fingerprint density at radius 2 is 1.69 bits per heavy atom. The minimum Gasteiger partial charge on any atom is -0.288 e. The van der Waals surface area contributed by atoms with E-state index in [0.29, 0.717) is 15.6 Å². The van der Waals surface area contributed by atoms with E-state index in [9.17, 15) is 8.42 Å². The van der Waals surface area contributed by atoms with Crippen molar-refractivity contribution < 1.29 is 18.2 Å². The summed E-state index contributed by atoms with van der Waals surface area (Å²) in [5.74, 6) is -0.334. The largest absolute Gasteiger partial charge is 0.294 e. The van der Waals surface area contributed by atoms with Gasteiger partial charge in [0, 0.05) is 10.0 Å². The molecule has 0 heterocycles. The molecule has 26 heavy (non-hydrogen) atoms. The van der Waals surface area contributed by atoms with E-state index in [-0.39, 0.29) is 10.9 Å². The lowest BCUT2D eigenvalue weighted by molar-refractivity contribution is 0.228. The Labute approximate surface area is 160 Å². The number of hydrogen-bond acceptors (Lipinski definition) is 5. The quantitative estimate of drug-likeness (QED) is 0.225. The number of hydrogen-bond donors (Lipinski definition) is 5. The maximum absolute atomic E-state index is 10.5. The zero-order chi connectivity index (χ0) is 19.7. The molecule has 0 aliphatic heterocycles. The molecular formula is C15H16Cl2N4O4S. The maximum Gasteiger partial charge on any atom is 0.294 e. The van der Waals surface area contributed by atoms with Crippen LogP contribution in [0, 0.1) is 12.3 Å². The molecule has 0 amide bonds. The third-order valence-electron chi connectivity index (χ3n) is 2.71. The van der Waals surface area contributed by atoms with E-state index in [1.807, 2.05) is 6.92 Å². The molecule has 0 saturated carbocycles. The highest BCUT2D eigenvalue weighted by atomic mass is 35.5. The van der Waals surface area contributed by atoms with Crippen LogP contribution in [0.4, 0.5) is 0 Å². The van der Waals surface area contributed by atoms with Gasteiger partial charge in [0.1, 0.15) is 0 Å². The van der Waals surface area contributed by atoms with E-state index in [1.54, 1.807) is 35.8 Å². The molecule has 140 valence electrons. The van der Waals surface area contributed by atoms with Crippen LogP contribution in [-0.2, 0) is 10.1 Å².